The number of ether oxygens (including phenoxy) is 1. The quantitative estimate of drug-likeness (QED) is 0.153. The highest BCUT2D eigenvalue weighted by molar-refractivity contribution is 5.84. The van der Waals surface area contributed by atoms with Gasteiger partial charge in [0, 0.05) is 13.1 Å². The summed E-state index contributed by atoms with van der Waals surface area (Å²) < 4.78 is 5.34. The summed E-state index contributed by atoms with van der Waals surface area (Å²) in [6, 6.07) is 0. The van der Waals surface area contributed by atoms with Gasteiger partial charge in [-0.15, -0.1) is 0 Å². The zero-order chi connectivity index (χ0) is 27.2. The molecule has 0 atom stereocenters. The van der Waals surface area contributed by atoms with Crippen molar-refractivity contribution in [1.29, 1.82) is 0 Å². The van der Waals surface area contributed by atoms with E-state index in [0.29, 0.717) is 13.1 Å². The predicted octanol–water partition coefficient (Wildman–Crippen LogP) is 7.42. The highest BCUT2D eigenvalue weighted by Gasteiger charge is 2.27. The van der Waals surface area contributed by atoms with Crippen LogP contribution in [0.1, 0.15) is 137 Å². The molecule has 0 saturated carbocycles. The van der Waals surface area contributed by atoms with E-state index < -0.39 is 24.2 Å². The molecule has 0 aliphatic heterocycles. The van der Waals surface area contributed by atoms with Crippen LogP contribution < -0.4 is 0 Å². The molecular formula is C29H56N2O5. The first-order valence-electron chi connectivity index (χ1n) is 14.6. The minimum absolute atomic E-state index is 0.201. The molecule has 0 radical (unpaired) electrons. The summed E-state index contributed by atoms with van der Waals surface area (Å²) in [4.78, 5) is 39.9. The van der Waals surface area contributed by atoms with Crippen molar-refractivity contribution in [2.75, 3.05) is 26.2 Å². The maximum Gasteiger partial charge on any atom is 0.411 e. The summed E-state index contributed by atoms with van der Waals surface area (Å²) in [5.74, 6) is -1.36. The molecule has 0 spiro atoms. The fourth-order valence-electron chi connectivity index (χ4n) is 4.17. The average molecular weight is 513 g/mol. The summed E-state index contributed by atoms with van der Waals surface area (Å²) in [5.41, 5.74) is -0.759. The number of unbranched alkanes of at least 4 members (excludes halogenated alkanes) is 14. The second-order valence-corrected chi connectivity index (χ2v) is 11.1. The van der Waals surface area contributed by atoms with Crippen molar-refractivity contribution in [2.24, 2.45) is 0 Å². The SMILES string of the molecule is CCCCCCCCCCN(CCCCCCCCCC)C(=O)CN(CC(=O)O)C(=O)OC(C)(C)C. The van der Waals surface area contributed by atoms with E-state index in [1.807, 2.05) is 4.90 Å². The molecule has 0 aliphatic rings. The molecule has 1 N–H and O–H groups in total. The van der Waals surface area contributed by atoms with Crippen molar-refractivity contribution in [3.63, 3.8) is 0 Å². The van der Waals surface area contributed by atoms with E-state index in [4.69, 9.17) is 4.74 Å². The van der Waals surface area contributed by atoms with Gasteiger partial charge < -0.3 is 14.7 Å². The molecule has 0 bridgehead atoms. The number of carboxylic acids is 1. The third-order valence-electron chi connectivity index (χ3n) is 6.22. The first-order chi connectivity index (χ1) is 17.1. The molecule has 0 aliphatic carbocycles. The van der Waals surface area contributed by atoms with Gasteiger partial charge >= 0.3 is 12.1 Å². The number of aliphatic carboxylic acids is 1. The fourth-order valence-corrected chi connectivity index (χ4v) is 4.17. The smallest absolute Gasteiger partial charge is 0.411 e. The molecular weight excluding hydrogens is 456 g/mol. The summed E-state index contributed by atoms with van der Waals surface area (Å²) in [6.07, 6.45) is 18.3. The van der Waals surface area contributed by atoms with Gasteiger partial charge in [-0.3, -0.25) is 14.5 Å². The Balaban J connectivity index is 4.82. The van der Waals surface area contributed by atoms with Crippen molar-refractivity contribution in [3.05, 3.63) is 0 Å². The lowest BCUT2D eigenvalue weighted by atomic mass is 10.1. The lowest BCUT2D eigenvalue weighted by Crippen LogP contribution is -2.47. The van der Waals surface area contributed by atoms with Gasteiger partial charge in [0.25, 0.3) is 0 Å². The second kappa shape index (κ2) is 21.3. The van der Waals surface area contributed by atoms with Crippen LogP contribution in [-0.2, 0) is 14.3 Å². The molecule has 0 aromatic rings. The Hall–Kier alpha value is -1.79. The monoisotopic (exact) mass is 512 g/mol. The number of amides is 2. The van der Waals surface area contributed by atoms with Crippen molar-refractivity contribution in [3.8, 4) is 0 Å². The van der Waals surface area contributed by atoms with Gasteiger partial charge in [-0.2, -0.15) is 0 Å². The van der Waals surface area contributed by atoms with E-state index in [-0.39, 0.29) is 12.5 Å². The van der Waals surface area contributed by atoms with E-state index in [0.717, 1.165) is 30.6 Å². The molecule has 36 heavy (non-hydrogen) atoms. The molecule has 0 rings (SSSR count). The van der Waals surface area contributed by atoms with Crippen molar-refractivity contribution in [1.82, 2.24) is 9.80 Å². The van der Waals surface area contributed by atoms with Crippen LogP contribution in [0.4, 0.5) is 4.79 Å². The average Bonchev–Trinajstić information content (AvgIpc) is 2.79. The molecule has 7 nitrogen and oxygen atoms in total. The van der Waals surface area contributed by atoms with E-state index in [2.05, 4.69) is 13.8 Å². The van der Waals surface area contributed by atoms with E-state index in [1.165, 1.54) is 77.0 Å². The van der Waals surface area contributed by atoms with Gasteiger partial charge in [0.1, 0.15) is 18.7 Å². The van der Waals surface area contributed by atoms with Crippen LogP contribution in [0.15, 0.2) is 0 Å². The highest BCUT2D eigenvalue weighted by atomic mass is 16.6. The van der Waals surface area contributed by atoms with Gasteiger partial charge in [-0.25, -0.2) is 4.79 Å². The summed E-state index contributed by atoms with van der Waals surface area (Å²) in [5, 5.41) is 9.26. The first-order valence-corrected chi connectivity index (χ1v) is 14.6. The van der Waals surface area contributed by atoms with Gasteiger partial charge in [0.15, 0.2) is 0 Å². The highest BCUT2D eigenvalue weighted by Crippen LogP contribution is 2.13. The topological polar surface area (TPSA) is 87.2 Å². The van der Waals surface area contributed by atoms with E-state index >= 15 is 0 Å². The minimum Gasteiger partial charge on any atom is -0.480 e. The Labute approximate surface area is 221 Å². The molecule has 7 heteroatoms. The van der Waals surface area contributed by atoms with Crippen LogP contribution >= 0.6 is 0 Å². The number of hydrogen-bond acceptors (Lipinski definition) is 4. The maximum atomic E-state index is 13.2. The normalized spacial score (nSPS) is 11.4. The largest absolute Gasteiger partial charge is 0.480 e. The summed E-state index contributed by atoms with van der Waals surface area (Å²) >= 11 is 0. The molecule has 0 aromatic heterocycles. The standard InChI is InChI=1S/C29H56N2O5/c1-6-8-10-12-14-16-18-20-22-30(23-21-19-17-15-13-11-9-7-2)26(32)24-31(25-27(33)34)28(35)36-29(3,4)5/h6-25H2,1-5H3,(H,33,34). The Bertz CT molecular complexity index is 569. The molecule has 2 amide bonds. The van der Waals surface area contributed by atoms with E-state index in [9.17, 15) is 19.5 Å². The number of carbonyl (C=O) groups excluding carboxylic acids is 2. The van der Waals surface area contributed by atoms with Crippen LogP contribution in [0.25, 0.3) is 0 Å². The Morgan fingerprint density at radius 2 is 1.00 bits per heavy atom. The van der Waals surface area contributed by atoms with Crippen LogP contribution in [0.2, 0.25) is 0 Å². The van der Waals surface area contributed by atoms with Gasteiger partial charge in [0.05, 0.1) is 0 Å². The summed E-state index contributed by atoms with van der Waals surface area (Å²) in [7, 11) is 0. The molecule has 212 valence electrons. The molecule has 0 saturated heterocycles. The zero-order valence-corrected chi connectivity index (χ0v) is 24.1. The Morgan fingerprint density at radius 3 is 1.36 bits per heavy atom. The van der Waals surface area contributed by atoms with Crippen molar-refractivity contribution >= 4 is 18.0 Å². The minimum atomic E-state index is -1.16. The van der Waals surface area contributed by atoms with Crippen molar-refractivity contribution in [2.45, 2.75) is 143 Å². The van der Waals surface area contributed by atoms with Crippen LogP contribution in [0.5, 0.6) is 0 Å². The molecule has 0 aromatic carbocycles. The number of hydrogen-bond donors (Lipinski definition) is 1. The molecule has 0 unspecified atom stereocenters. The number of rotatable bonds is 22. The zero-order valence-electron chi connectivity index (χ0n) is 24.1. The van der Waals surface area contributed by atoms with Gasteiger partial charge in [0.2, 0.25) is 5.91 Å². The summed E-state index contributed by atoms with van der Waals surface area (Å²) in [6.45, 7) is 10.1. The fraction of sp³-hybridized carbons (Fsp3) is 0.897. The Morgan fingerprint density at radius 1 is 0.611 bits per heavy atom. The lowest BCUT2D eigenvalue weighted by molar-refractivity contribution is -0.139. The van der Waals surface area contributed by atoms with Gasteiger partial charge in [-0.05, 0) is 33.6 Å². The third kappa shape index (κ3) is 20.4. The Kier molecular flexibility index (Phi) is 20.3. The van der Waals surface area contributed by atoms with Gasteiger partial charge in [-0.1, -0.05) is 104 Å². The predicted molar refractivity (Wildman–Crippen MR) is 147 cm³/mol. The molecule has 0 heterocycles. The van der Waals surface area contributed by atoms with Crippen LogP contribution in [-0.4, -0.2) is 64.7 Å². The van der Waals surface area contributed by atoms with Crippen molar-refractivity contribution < 1.29 is 24.2 Å². The molecule has 0 fully saturated rings. The maximum absolute atomic E-state index is 13.2. The lowest BCUT2D eigenvalue weighted by Gasteiger charge is -2.29. The second-order valence-electron chi connectivity index (χ2n) is 11.1. The van der Waals surface area contributed by atoms with E-state index in [1.54, 1.807) is 20.8 Å². The van der Waals surface area contributed by atoms with Crippen LogP contribution in [0, 0.1) is 0 Å². The first kappa shape index (κ1) is 34.2. The number of carboxylic acid groups (broad SMARTS) is 1. The third-order valence-corrected chi connectivity index (χ3v) is 6.22. The number of carbonyl (C=O) groups is 3. The van der Waals surface area contributed by atoms with Crippen LogP contribution in [0.3, 0.4) is 0 Å². The number of nitrogens with zero attached hydrogens (tertiary/aromatic N) is 2.